The third-order valence-electron chi connectivity index (χ3n) is 2.75. The van der Waals surface area contributed by atoms with Crippen molar-refractivity contribution in [2.45, 2.75) is 25.1 Å². The van der Waals surface area contributed by atoms with Crippen LogP contribution in [-0.4, -0.2) is 43.5 Å². The summed E-state index contributed by atoms with van der Waals surface area (Å²) in [6.07, 6.45) is 4.25. The topological polar surface area (TPSA) is 81.2 Å². The van der Waals surface area contributed by atoms with Crippen LogP contribution in [0.2, 0.25) is 0 Å². The van der Waals surface area contributed by atoms with E-state index >= 15 is 0 Å². The Bertz CT molecular complexity index is 490. The van der Waals surface area contributed by atoms with E-state index in [0.717, 1.165) is 0 Å². The average Bonchev–Trinajstić information content (AvgIpc) is 2.34. The summed E-state index contributed by atoms with van der Waals surface area (Å²) in [6.45, 7) is 4.19. The molecule has 0 saturated carbocycles. The van der Waals surface area contributed by atoms with Crippen molar-refractivity contribution in [1.29, 1.82) is 0 Å². The van der Waals surface area contributed by atoms with Crippen molar-refractivity contribution < 1.29 is 13.2 Å². The van der Waals surface area contributed by atoms with Crippen LogP contribution < -0.4 is 10.1 Å². The van der Waals surface area contributed by atoms with Crippen LogP contribution in [0.15, 0.2) is 12.4 Å². The van der Waals surface area contributed by atoms with E-state index < -0.39 is 21.1 Å². The molecule has 0 aliphatic heterocycles. The Kier molecular flexibility index (Phi) is 5.03. The molecular formula is C11H19N3O3S. The molecule has 0 aromatic carbocycles. The van der Waals surface area contributed by atoms with E-state index in [1.807, 2.05) is 6.92 Å². The van der Waals surface area contributed by atoms with E-state index in [9.17, 15) is 8.42 Å². The number of ether oxygens (including phenoxy) is 1. The van der Waals surface area contributed by atoms with Gasteiger partial charge < -0.3 is 10.1 Å². The molecule has 6 nitrogen and oxygen atoms in total. The van der Waals surface area contributed by atoms with Crippen molar-refractivity contribution in [2.75, 3.05) is 19.9 Å². The third-order valence-corrected chi connectivity index (χ3v) is 4.37. The molecule has 0 aliphatic carbocycles. The number of methoxy groups -OCH3 is 1. The van der Waals surface area contributed by atoms with E-state index in [-0.39, 0.29) is 0 Å². The lowest BCUT2D eigenvalue weighted by atomic mass is 10.1. The summed E-state index contributed by atoms with van der Waals surface area (Å²) in [7, 11) is -1.70. The maximum atomic E-state index is 11.7. The van der Waals surface area contributed by atoms with Gasteiger partial charge in [-0.25, -0.2) is 13.4 Å². The van der Waals surface area contributed by atoms with Crippen molar-refractivity contribution in [1.82, 2.24) is 15.3 Å². The standard InChI is InChI=1S/C11H19N3O3S/c1-5-12-9(8(2)18(4,15)16)10-11(17-3)14-7-6-13-10/h6-9,12H,5H2,1-4H3. The second-order valence-corrected chi connectivity index (χ2v) is 6.42. The van der Waals surface area contributed by atoms with Crippen molar-refractivity contribution >= 4 is 9.84 Å². The van der Waals surface area contributed by atoms with E-state index in [2.05, 4.69) is 15.3 Å². The first-order chi connectivity index (χ1) is 8.41. The Balaban J connectivity index is 3.19. The number of hydrogen-bond donors (Lipinski definition) is 1. The van der Waals surface area contributed by atoms with Crippen molar-refractivity contribution in [3.63, 3.8) is 0 Å². The predicted octanol–water partition coefficient (Wildman–Crippen LogP) is 0.569. The smallest absolute Gasteiger partial charge is 0.237 e. The minimum Gasteiger partial charge on any atom is -0.480 e. The van der Waals surface area contributed by atoms with Gasteiger partial charge in [-0.1, -0.05) is 6.92 Å². The SMILES string of the molecule is CCNC(c1nccnc1OC)C(C)S(C)(=O)=O. The first-order valence-corrected chi connectivity index (χ1v) is 7.64. The zero-order valence-electron chi connectivity index (χ0n) is 11.0. The van der Waals surface area contributed by atoms with Crippen LogP contribution in [0.1, 0.15) is 25.6 Å². The van der Waals surface area contributed by atoms with Crippen LogP contribution in [-0.2, 0) is 9.84 Å². The van der Waals surface area contributed by atoms with E-state index in [4.69, 9.17) is 4.74 Å². The number of aromatic nitrogens is 2. The molecule has 0 radical (unpaired) electrons. The molecular weight excluding hydrogens is 254 g/mol. The molecule has 1 aromatic heterocycles. The average molecular weight is 273 g/mol. The zero-order chi connectivity index (χ0) is 13.8. The minimum absolute atomic E-state index is 0.346. The normalized spacial score (nSPS) is 15.1. The summed E-state index contributed by atoms with van der Waals surface area (Å²) in [5, 5.41) is 2.51. The molecule has 2 unspecified atom stereocenters. The molecule has 1 rings (SSSR count). The quantitative estimate of drug-likeness (QED) is 0.816. The number of nitrogens with one attached hydrogen (secondary N) is 1. The van der Waals surface area contributed by atoms with Gasteiger partial charge >= 0.3 is 0 Å². The summed E-state index contributed by atoms with van der Waals surface area (Å²) in [6, 6.07) is -0.436. The predicted molar refractivity (Wildman–Crippen MR) is 69.3 cm³/mol. The fraction of sp³-hybridized carbons (Fsp3) is 0.636. The maximum absolute atomic E-state index is 11.7. The zero-order valence-corrected chi connectivity index (χ0v) is 11.9. The van der Waals surface area contributed by atoms with Gasteiger partial charge in [0.25, 0.3) is 0 Å². The lowest BCUT2D eigenvalue weighted by Crippen LogP contribution is -2.35. The highest BCUT2D eigenvalue weighted by Gasteiger charge is 2.30. The molecule has 0 saturated heterocycles. The summed E-state index contributed by atoms with van der Waals surface area (Å²) in [4.78, 5) is 8.23. The highest BCUT2D eigenvalue weighted by Crippen LogP contribution is 2.25. The molecule has 0 aliphatic rings. The number of sulfone groups is 1. The highest BCUT2D eigenvalue weighted by atomic mass is 32.2. The van der Waals surface area contributed by atoms with E-state index in [0.29, 0.717) is 18.1 Å². The number of rotatable bonds is 6. The Morgan fingerprint density at radius 3 is 2.50 bits per heavy atom. The maximum Gasteiger partial charge on any atom is 0.237 e. The van der Waals surface area contributed by atoms with Gasteiger partial charge in [0.15, 0.2) is 9.84 Å². The largest absolute Gasteiger partial charge is 0.480 e. The van der Waals surface area contributed by atoms with Gasteiger partial charge in [0, 0.05) is 18.6 Å². The lowest BCUT2D eigenvalue weighted by molar-refractivity contribution is 0.376. The molecule has 18 heavy (non-hydrogen) atoms. The molecule has 0 spiro atoms. The van der Waals surface area contributed by atoms with Crippen LogP contribution in [0, 0.1) is 0 Å². The molecule has 0 fully saturated rings. The third kappa shape index (κ3) is 3.39. The first-order valence-electron chi connectivity index (χ1n) is 5.69. The van der Waals surface area contributed by atoms with Gasteiger partial charge in [-0.2, -0.15) is 0 Å². The lowest BCUT2D eigenvalue weighted by Gasteiger charge is -2.23. The molecule has 102 valence electrons. The van der Waals surface area contributed by atoms with Crippen LogP contribution in [0.5, 0.6) is 5.88 Å². The van der Waals surface area contributed by atoms with Gasteiger partial charge in [0.2, 0.25) is 5.88 Å². The van der Waals surface area contributed by atoms with Crippen LogP contribution >= 0.6 is 0 Å². The van der Waals surface area contributed by atoms with Gasteiger partial charge in [-0.05, 0) is 13.5 Å². The Morgan fingerprint density at radius 2 is 2.00 bits per heavy atom. The fourth-order valence-electron chi connectivity index (χ4n) is 1.66. The van der Waals surface area contributed by atoms with Gasteiger partial charge in [-0.3, -0.25) is 4.98 Å². The van der Waals surface area contributed by atoms with Crippen LogP contribution in [0.4, 0.5) is 0 Å². The van der Waals surface area contributed by atoms with Gasteiger partial charge in [-0.15, -0.1) is 0 Å². The molecule has 2 atom stereocenters. The second kappa shape index (κ2) is 6.10. The molecule has 1 N–H and O–H groups in total. The minimum atomic E-state index is -3.18. The van der Waals surface area contributed by atoms with Crippen molar-refractivity contribution in [3.05, 3.63) is 18.1 Å². The summed E-state index contributed by atoms with van der Waals surface area (Å²) < 4.78 is 28.5. The molecule has 0 bridgehead atoms. The fourth-order valence-corrected chi connectivity index (χ4v) is 2.38. The van der Waals surface area contributed by atoms with Crippen LogP contribution in [0.25, 0.3) is 0 Å². The van der Waals surface area contributed by atoms with Crippen molar-refractivity contribution in [2.24, 2.45) is 0 Å². The molecule has 1 heterocycles. The summed E-state index contributed by atoms with van der Waals surface area (Å²) in [5.41, 5.74) is 0.514. The van der Waals surface area contributed by atoms with Crippen molar-refractivity contribution in [3.8, 4) is 5.88 Å². The first kappa shape index (κ1) is 14.8. The summed E-state index contributed by atoms with van der Waals surface area (Å²) in [5.74, 6) is 0.346. The Hall–Kier alpha value is -1.21. The van der Waals surface area contributed by atoms with E-state index in [1.165, 1.54) is 25.8 Å². The van der Waals surface area contributed by atoms with E-state index in [1.54, 1.807) is 6.92 Å². The number of nitrogens with zero attached hydrogens (tertiary/aromatic N) is 2. The Labute approximate surface area is 108 Å². The monoisotopic (exact) mass is 273 g/mol. The van der Waals surface area contributed by atoms with Gasteiger partial charge in [0.05, 0.1) is 18.4 Å². The molecule has 1 aromatic rings. The Morgan fingerprint density at radius 1 is 1.39 bits per heavy atom. The number of hydrogen-bond acceptors (Lipinski definition) is 6. The molecule has 7 heteroatoms. The second-order valence-electron chi connectivity index (χ2n) is 4.02. The summed E-state index contributed by atoms with van der Waals surface area (Å²) >= 11 is 0. The molecule has 0 amide bonds. The van der Waals surface area contributed by atoms with Gasteiger partial charge in [0.1, 0.15) is 5.69 Å². The van der Waals surface area contributed by atoms with Crippen LogP contribution in [0.3, 0.4) is 0 Å². The highest BCUT2D eigenvalue weighted by molar-refractivity contribution is 7.91.